The number of rotatable bonds is 5. The molecule has 140 valence electrons. The van der Waals surface area contributed by atoms with E-state index in [-0.39, 0.29) is 24.8 Å². The number of nitrogens with one attached hydrogen (secondary N) is 1. The molecule has 1 atom stereocenters. The number of thiazole rings is 1. The zero-order valence-corrected chi connectivity index (χ0v) is 15.7. The first-order valence-electron chi connectivity index (χ1n) is 8.90. The van der Waals surface area contributed by atoms with Gasteiger partial charge in [-0.25, -0.2) is 4.98 Å². The molecule has 1 aromatic carbocycles. The minimum absolute atomic E-state index is 0.107. The number of anilines is 1. The molecule has 4 rings (SSSR count). The maximum absolute atomic E-state index is 13.0. The average Bonchev–Trinajstić information content (AvgIpc) is 3.26. The molecule has 1 aliphatic rings. The number of fused-ring (bicyclic) bond motifs is 2. The van der Waals surface area contributed by atoms with E-state index >= 15 is 0 Å². The highest BCUT2D eigenvalue weighted by Gasteiger charge is 2.33. The normalized spacial score (nSPS) is 16.0. The summed E-state index contributed by atoms with van der Waals surface area (Å²) in [6.07, 6.45) is 4.07. The van der Waals surface area contributed by atoms with Gasteiger partial charge in [-0.3, -0.25) is 14.0 Å². The summed E-state index contributed by atoms with van der Waals surface area (Å²) in [7, 11) is 0. The zero-order valence-electron chi connectivity index (χ0n) is 14.9. The van der Waals surface area contributed by atoms with Gasteiger partial charge in [-0.15, -0.1) is 11.3 Å². The quantitative estimate of drug-likeness (QED) is 0.732. The Morgan fingerprint density at radius 1 is 1.37 bits per heavy atom. The Balaban J connectivity index is 1.56. The zero-order chi connectivity index (χ0) is 18.8. The van der Waals surface area contributed by atoms with Gasteiger partial charge in [0.1, 0.15) is 5.75 Å². The maximum Gasteiger partial charge on any atom is 0.262 e. The smallest absolute Gasteiger partial charge is 0.262 e. The standard InChI is InChI=1S/C19H20N4O3S/c1-2-7-20-18(25)16-12-23(14-5-3-4-6-15(14)26-16)17(24)10-13-11-22-8-9-27-19(22)21-13/h3-6,8-9,11,16H,2,7,10,12H2,1H3,(H,20,25)/t16-/m0/s1. The lowest BCUT2D eigenvalue weighted by molar-refractivity contribution is -0.128. The number of hydrogen-bond donors (Lipinski definition) is 1. The molecular weight excluding hydrogens is 364 g/mol. The Kier molecular flexibility index (Phi) is 4.81. The summed E-state index contributed by atoms with van der Waals surface area (Å²) in [5.74, 6) is 0.232. The highest BCUT2D eigenvalue weighted by molar-refractivity contribution is 7.15. The van der Waals surface area contributed by atoms with Crippen LogP contribution in [0.2, 0.25) is 0 Å². The second-order valence-electron chi connectivity index (χ2n) is 6.37. The Hall–Kier alpha value is -2.87. The Morgan fingerprint density at radius 3 is 3.04 bits per heavy atom. The molecule has 8 heteroatoms. The largest absolute Gasteiger partial charge is 0.477 e. The highest BCUT2D eigenvalue weighted by atomic mass is 32.1. The van der Waals surface area contributed by atoms with Crippen molar-refractivity contribution in [1.29, 1.82) is 0 Å². The second kappa shape index (κ2) is 7.40. The number of hydrogen-bond acceptors (Lipinski definition) is 5. The first kappa shape index (κ1) is 17.5. The van der Waals surface area contributed by atoms with Gasteiger partial charge < -0.3 is 15.0 Å². The molecule has 7 nitrogen and oxygen atoms in total. The van der Waals surface area contributed by atoms with Crippen LogP contribution < -0.4 is 15.0 Å². The van der Waals surface area contributed by atoms with Crippen molar-refractivity contribution >= 4 is 33.8 Å². The average molecular weight is 384 g/mol. The molecule has 2 amide bonds. The van der Waals surface area contributed by atoms with Crippen LogP contribution in [0.1, 0.15) is 19.0 Å². The topological polar surface area (TPSA) is 75.9 Å². The molecule has 1 N–H and O–H groups in total. The van der Waals surface area contributed by atoms with E-state index in [2.05, 4.69) is 10.3 Å². The van der Waals surface area contributed by atoms with Crippen molar-refractivity contribution in [2.75, 3.05) is 18.0 Å². The summed E-state index contributed by atoms with van der Waals surface area (Å²) < 4.78 is 7.74. The van der Waals surface area contributed by atoms with Crippen LogP contribution in [0.5, 0.6) is 5.75 Å². The van der Waals surface area contributed by atoms with Crippen molar-refractivity contribution in [3.63, 3.8) is 0 Å². The highest BCUT2D eigenvalue weighted by Crippen LogP contribution is 2.33. The third-order valence-corrected chi connectivity index (χ3v) is 5.16. The molecule has 0 saturated carbocycles. The van der Waals surface area contributed by atoms with Gasteiger partial charge in [-0.05, 0) is 18.6 Å². The van der Waals surface area contributed by atoms with Gasteiger partial charge in [0, 0.05) is 24.3 Å². The predicted octanol–water partition coefficient (Wildman–Crippen LogP) is 2.26. The number of imidazole rings is 1. The fourth-order valence-corrected chi connectivity index (χ4v) is 3.80. The van der Waals surface area contributed by atoms with Crippen LogP contribution in [-0.4, -0.2) is 40.4 Å². The summed E-state index contributed by atoms with van der Waals surface area (Å²) in [5.41, 5.74) is 1.39. The van der Waals surface area contributed by atoms with Gasteiger partial charge in [-0.2, -0.15) is 0 Å². The molecule has 27 heavy (non-hydrogen) atoms. The van der Waals surface area contributed by atoms with Crippen LogP contribution in [0.15, 0.2) is 42.0 Å². The lowest BCUT2D eigenvalue weighted by Crippen LogP contribution is -2.51. The monoisotopic (exact) mass is 384 g/mol. The molecule has 0 radical (unpaired) electrons. The van der Waals surface area contributed by atoms with Gasteiger partial charge in [0.15, 0.2) is 11.1 Å². The van der Waals surface area contributed by atoms with E-state index in [1.807, 2.05) is 47.3 Å². The van der Waals surface area contributed by atoms with Gasteiger partial charge in [0.05, 0.1) is 24.3 Å². The van der Waals surface area contributed by atoms with Crippen LogP contribution in [0.4, 0.5) is 5.69 Å². The van der Waals surface area contributed by atoms with Crippen LogP contribution >= 0.6 is 11.3 Å². The third-order valence-electron chi connectivity index (χ3n) is 4.39. The van der Waals surface area contributed by atoms with Gasteiger partial charge in [0.2, 0.25) is 5.91 Å². The summed E-state index contributed by atoms with van der Waals surface area (Å²) in [4.78, 5) is 32.4. The lowest BCUT2D eigenvalue weighted by Gasteiger charge is -2.34. The van der Waals surface area contributed by atoms with Crippen molar-refractivity contribution in [3.8, 4) is 5.75 Å². The van der Waals surface area contributed by atoms with Crippen LogP contribution in [-0.2, 0) is 16.0 Å². The minimum atomic E-state index is -0.721. The summed E-state index contributed by atoms with van der Waals surface area (Å²) >= 11 is 1.53. The number of amides is 2. The van der Waals surface area contributed by atoms with Crippen molar-refractivity contribution in [2.45, 2.75) is 25.9 Å². The molecule has 0 unspecified atom stereocenters. The third kappa shape index (κ3) is 3.52. The van der Waals surface area contributed by atoms with Crippen molar-refractivity contribution < 1.29 is 14.3 Å². The van der Waals surface area contributed by atoms with Crippen molar-refractivity contribution in [3.05, 3.63) is 47.7 Å². The minimum Gasteiger partial charge on any atom is -0.477 e. The second-order valence-corrected chi connectivity index (χ2v) is 7.24. The number of ether oxygens (including phenoxy) is 1. The Labute approximate surface area is 160 Å². The van der Waals surface area contributed by atoms with Crippen molar-refractivity contribution in [2.24, 2.45) is 0 Å². The van der Waals surface area contributed by atoms with E-state index in [0.717, 1.165) is 11.4 Å². The number of carbonyl (C=O) groups excluding carboxylic acids is 2. The van der Waals surface area contributed by atoms with E-state index in [4.69, 9.17) is 4.74 Å². The number of carbonyl (C=O) groups is 2. The van der Waals surface area contributed by atoms with Gasteiger partial charge in [-0.1, -0.05) is 19.1 Å². The molecule has 3 aromatic rings. The van der Waals surface area contributed by atoms with E-state index in [1.165, 1.54) is 11.3 Å². The van der Waals surface area contributed by atoms with E-state index in [9.17, 15) is 9.59 Å². The van der Waals surface area contributed by atoms with Gasteiger partial charge in [0.25, 0.3) is 5.91 Å². The molecule has 0 bridgehead atoms. The summed E-state index contributed by atoms with van der Waals surface area (Å²) in [6, 6.07) is 7.30. The lowest BCUT2D eigenvalue weighted by atomic mass is 10.1. The molecule has 1 aliphatic heterocycles. The van der Waals surface area contributed by atoms with Gasteiger partial charge >= 0.3 is 0 Å². The summed E-state index contributed by atoms with van der Waals surface area (Å²) in [6.45, 7) is 2.76. The fraction of sp³-hybridized carbons (Fsp3) is 0.316. The van der Waals surface area contributed by atoms with E-state index in [0.29, 0.717) is 23.7 Å². The number of nitrogens with zero attached hydrogens (tertiary/aromatic N) is 3. The molecule has 0 aliphatic carbocycles. The molecule has 0 saturated heterocycles. The first-order chi connectivity index (χ1) is 13.2. The maximum atomic E-state index is 13.0. The number of benzene rings is 1. The SMILES string of the molecule is CCCNC(=O)[C@@H]1CN(C(=O)Cc2cn3ccsc3n2)c2ccccc2O1. The first-order valence-corrected chi connectivity index (χ1v) is 9.78. The van der Waals surface area contributed by atoms with Crippen LogP contribution in [0, 0.1) is 0 Å². The Morgan fingerprint density at radius 2 is 2.22 bits per heavy atom. The van der Waals surface area contributed by atoms with E-state index in [1.54, 1.807) is 11.0 Å². The molecule has 2 aromatic heterocycles. The van der Waals surface area contributed by atoms with Crippen LogP contribution in [0.3, 0.4) is 0 Å². The molecule has 0 spiro atoms. The Bertz CT molecular complexity index is 952. The molecule has 0 fully saturated rings. The van der Waals surface area contributed by atoms with E-state index < -0.39 is 6.10 Å². The molecular formula is C19H20N4O3S. The predicted molar refractivity (Wildman–Crippen MR) is 103 cm³/mol. The number of aromatic nitrogens is 2. The molecule has 3 heterocycles. The fourth-order valence-electron chi connectivity index (χ4n) is 3.08. The number of para-hydroxylation sites is 2. The van der Waals surface area contributed by atoms with Crippen LogP contribution in [0.25, 0.3) is 4.96 Å². The van der Waals surface area contributed by atoms with Crippen molar-refractivity contribution in [1.82, 2.24) is 14.7 Å². The summed E-state index contributed by atoms with van der Waals surface area (Å²) in [5, 5.41) is 4.79.